The molecule has 0 amide bonds. The molecule has 1 heteroatoms. The van der Waals surface area contributed by atoms with Crippen molar-refractivity contribution in [1.82, 2.24) is 4.90 Å². The Kier molecular flexibility index (Phi) is 6.09. The predicted octanol–water partition coefficient (Wildman–Crippen LogP) is 2.93. The van der Waals surface area contributed by atoms with Gasteiger partial charge in [0.15, 0.2) is 0 Å². The average molecular weight is 169 g/mol. The molecule has 0 aromatic carbocycles. The van der Waals surface area contributed by atoms with E-state index in [1.807, 2.05) is 0 Å². The monoisotopic (exact) mass is 169 g/mol. The number of rotatable bonds is 5. The van der Waals surface area contributed by atoms with Crippen LogP contribution in [0.3, 0.4) is 0 Å². The lowest BCUT2D eigenvalue weighted by Gasteiger charge is -2.18. The van der Waals surface area contributed by atoms with Crippen LogP contribution in [0.25, 0.3) is 0 Å². The molecule has 0 aromatic heterocycles. The Hall–Kier alpha value is -0.300. The van der Waals surface area contributed by atoms with Crippen molar-refractivity contribution in [3.8, 4) is 0 Å². The van der Waals surface area contributed by atoms with Crippen LogP contribution in [-0.2, 0) is 0 Å². The van der Waals surface area contributed by atoms with E-state index in [1.165, 1.54) is 6.42 Å². The minimum atomic E-state index is 0.647. The van der Waals surface area contributed by atoms with Crippen LogP contribution < -0.4 is 0 Å². The highest BCUT2D eigenvalue weighted by Gasteiger charge is 1.98. The lowest BCUT2D eigenvalue weighted by molar-refractivity contribution is 0.303. The first-order valence-corrected chi connectivity index (χ1v) is 4.89. The van der Waals surface area contributed by atoms with Gasteiger partial charge in [0.25, 0.3) is 0 Å². The molecule has 12 heavy (non-hydrogen) atoms. The van der Waals surface area contributed by atoms with Crippen LogP contribution >= 0.6 is 0 Å². The van der Waals surface area contributed by atoms with E-state index in [4.69, 9.17) is 0 Å². The average Bonchev–Trinajstić information content (AvgIpc) is 1.97. The molecule has 1 nitrogen and oxygen atoms in total. The standard InChI is InChI=1S/C11H23N/c1-10(2)8-6-7-9-12(5)11(3)4/h6-7,10-11H,8-9H2,1-5H3/b7-6+. The summed E-state index contributed by atoms with van der Waals surface area (Å²) < 4.78 is 0. The molecule has 0 aliphatic carbocycles. The first kappa shape index (κ1) is 11.7. The Bertz CT molecular complexity index is 125. The van der Waals surface area contributed by atoms with E-state index < -0.39 is 0 Å². The highest BCUT2D eigenvalue weighted by molar-refractivity contribution is 4.85. The molecule has 72 valence electrons. The molecule has 0 fully saturated rings. The van der Waals surface area contributed by atoms with E-state index in [0.717, 1.165) is 12.5 Å². The number of likely N-dealkylation sites (N-methyl/N-ethyl adjacent to an activating group) is 1. The van der Waals surface area contributed by atoms with Crippen molar-refractivity contribution in [1.29, 1.82) is 0 Å². The van der Waals surface area contributed by atoms with Crippen molar-refractivity contribution in [2.24, 2.45) is 5.92 Å². The summed E-state index contributed by atoms with van der Waals surface area (Å²) in [7, 11) is 2.16. The van der Waals surface area contributed by atoms with Crippen LogP contribution in [0.5, 0.6) is 0 Å². The fraction of sp³-hybridized carbons (Fsp3) is 0.818. The predicted molar refractivity (Wildman–Crippen MR) is 56.4 cm³/mol. The second kappa shape index (κ2) is 6.24. The van der Waals surface area contributed by atoms with E-state index in [0.29, 0.717) is 6.04 Å². The fourth-order valence-electron chi connectivity index (χ4n) is 0.820. The van der Waals surface area contributed by atoms with Crippen LogP contribution in [0, 0.1) is 5.92 Å². The van der Waals surface area contributed by atoms with E-state index in [9.17, 15) is 0 Å². The molecule has 0 atom stereocenters. The highest BCUT2D eigenvalue weighted by Crippen LogP contribution is 2.00. The second-order valence-corrected chi connectivity index (χ2v) is 4.13. The number of hydrogen-bond acceptors (Lipinski definition) is 1. The van der Waals surface area contributed by atoms with E-state index in [-0.39, 0.29) is 0 Å². The van der Waals surface area contributed by atoms with Gasteiger partial charge in [0.05, 0.1) is 0 Å². The molecule has 0 saturated carbocycles. The summed E-state index contributed by atoms with van der Waals surface area (Å²) in [6.45, 7) is 10.0. The third-order valence-corrected chi connectivity index (χ3v) is 2.05. The summed E-state index contributed by atoms with van der Waals surface area (Å²) in [5, 5.41) is 0. The molecule has 0 N–H and O–H groups in total. The van der Waals surface area contributed by atoms with Crippen molar-refractivity contribution >= 4 is 0 Å². The molecule has 0 saturated heterocycles. The van der Waals surface area contributed by atoms with Gasteiger partial charge in [0.1, 0.15) is 0 Å². The Morgan fingerprint density at radius 1 is 1.08 bits per heavy atom. The molecular weight excluding hydrogens is 146 g/mol. The maximum Gasteiger partial charge on any atom is 0.0162 e. The zero-order valence-corrected chi connectivity index (χ0v) is 9.17. The van der Waals surface area contributed by atoms with Gasteiger partial charge < -0.3 is 4.90 Å². The molecular formula is C11H23N. The molecule has 0 aliphatic rings. The maximum absolute atomic E-state index is 2.33. The summed E-state index contributed by atoms with van der Waals surface area (Å²) >= 11 is 0. The first-order valence-electron chi connectivity index (χ1n) is 4.89. The summed E-state index contributed by atoms with van der Waals surface area (Å²) in [5.74, 6) is 0.783. The van der Waals surface area contributed by atoms with Crippen molar-refractivity contribution in [2.45, 2.75) is 40.2 Å². The molecule has 0 aromatic rings. The van der Waals surface area contributed by atoms with E-state index >= 15 is 0 Å². The lowest BCUT2D eigenvalue weighted by atomic mass is 10.1. The number of nitrogens with zero attached hydrogens (tertiary/aromatic N) is 1. The van der Waals surface area contributed by atoms with Gasteiger partial charge in [-0.2, -0.15) is 0 Å². The number of allylic oxidation sites excluding steroid dienone is 1. The molecule has 0 bridgehead atoms. The Balaban J connectivity index is 3.46. The smallest absolute Gasteiger partial charge is 0.0162 e. The van der Waals surface area contributed by atoms with Crippen LogP contribution in [0.2, 0.25) is 0 Å². The van der Waals surface area contributed by atoms with Gasteiger partial charge in [-0.3, -0.25) is 0 Å². The quantitative estimate of drug-likeness (QED) is 0.572. The second-order valence-electron chi connectivity index (χ2n) is 4.13. The van der Waals surface area contributed by atoms with Crippen molar-refractivity contribution in [3.63, 3.8) is 0 Å². The van der Waals surface area contributed by atoms with Crippen molar-refractivity contribution in [2.75, 3.05) is 13.6 Å². The van der Waals surface area contributed by atoms with Gasteiger partial charge in [-0.05, 0) is 33.2 Å². The molecule has 0 heterocycles. The SMILES string of the molecule is CC(C)C/C=C/CN(C)C(C)C. The lowest BCUT2D eigenvalue weighted by Crippen LogP contribution is -2.26. The topological polar surface area (TPSA) is 3.24 Å². The molecule has 0 rings (SSSR count). The zero-order valence-electron chi connectivity index (χ0n) is 9.17. The van der Waals surface area contributed by atoms with Crippen LogP contribution in [0.4, 0.5) is 0 Å². The Morgan fingerprint density at radius 2 is 1.67 bits per heavy atom. The first-order chi connectivity index (χ1) is 5.54. The summed E-state index contributed by atoms with van der Waals surface area (Å²) in [6, 6.07) is 0.647. The molecule has 0 aliphatic heterocycles. The summed E-state index contributed by atoms with van der Waals surface area (Å²) in [5.41, 5.74) is 0. The molecule has 0 spiro atoms. The minimum Gasteiger partial charge on any atom is -0.300 e. The number of hydrogen-bond donors (Lipinski definition) is 0. The van der Waals surface area contributed by atoms with Gasteiger partial charge in [-0.15, -0.1) is 0 Å². The van der Waals surface area contributed by atoms with E-state index in [1.54, 1.807) is 0 Å². The third-order valence-electron chi connectivity index (χ3n) is 2.05. The highest BCUT2D eigenvalue weighted by atomic mass is 15.1. The van der Waals surface area contributed by atoms with Crippen LogP contribution in [0.15, 0.2) is 12.2 Å². The van der Waals surface area contributed by atoms with Crippen LogP contribution in [0.1, 0.15) is 34.1 Å². The van der Waals surface area contributed by atoms with Crippen LogP contribution in [-0.4, -0.2) is 24.5 Å². The van der Waals surface area contributed by atoms with Gasteiger partial charge in [-0.25, -0.2) is 0 Å². The molecule has 0 radical (unpaired) electrons. The van der Waals surface area contributed by atoms with Crippen molar-refractivity contribution < 1.29 is 0 Å². The van der Waals surface area contributed by atoms with Gasteiger partial charge >= 0.3 is 0 Å². The van der Waals surface area contributed by atoms with E-state index in [2.05, 4.69) is 51.8 Å². The van der Waals surface area contributed by atoms with Gasteiger partial charge in [0, 0.05) is 12.6 Å². The third kappa shape index (κ3) is 6.41. The summed E-state index contributed by atoms with van der Waals surface area (Å²) in [6.07, 6.45) is 5.75. The Labute approximate surface area is 77.5 Å². The molecule has 0 unspecified atom stereocenters. The Morgan fingerprint density at radius 3 is 2.08 bits per heavy atom. The van der Waals surface area contributed by atoms with Crippen molar-refractivity contribution in [3.05, 3.63) is 12.2 Å². The maximum atomic E-state index is 2.33. The largest absolute Gasteiger partial charge is 0.300 e. The minimum absolute atomic E-state index is 0.647. The summed E-state index contributed by atoms with van der Waals surface area (Å²) in [4.78, 5) is 2.33. The fourth-order valence-corrected chi connectivity index (χ4v) is 0.820. The zero-order chi connectivity index (χ0) is 9.56. The normalized spacial score (nSPS) is 12.7. The van der Waals surface area contributed by atoms with Gasteiger partial charge in [-0.1, -0.05) is 26.0 Å². The van der Waals surface area contributed by atoms with Gasteiger partial charge in [0.2, 0.25) is 0 Å².